The van der Waals surface area contributed by atoms with Gasteiger partial charge in [0.2, 0.25) is 5.91 Å². The van der Waals surface area contributed by atoms with Crippen LogP contribution < -0.4 is 4.74 Å². The molecule has 0 aromatic heterocycles. The summed E-state index contributed by atoms with van der Waals surface area (Å²) >= 11 is 0. The molecule has 4 nitrogen and oxygen atoms in total. The van der Waals surface area contributed by atoms with Crippen molar-refractivity contribution in [3.8, 4) is 5.75 Å². The Bertz CT molecular complexity index is 548. The molecule has 3 rings (SSSR count). The van der Waals surface area contributed by atoms with Crippen LogP contribution in [0.1, 0.15) is 36.8 Å². The van der Waals surface area contributed by atoms with Gasteiger partial charge in [0.1, 0.15) is 5.75 Å². The van der Waals surface area contributed by atoms with Crippen LogP contribution in [0.25, 0.3) is 0 Å². The first-order valence-corrected chi connectivity index (χ1v) is 8.71. The molecule has 23 heavy (non-hydrogen) atoms. The van der Waals surface area contributed by atoms with Gasteiger partial charge in [-0.15, -0.1) is 0 Å². The molecule has 1 amide bonds. The van der Waals surface area contributed by atoms with E-state index in [0.29, 0.717) is 25.0 Å². The number of ether oxygens (including phenoxy) is 2. The Morgan fingerprint density at radius 1 is 1.30 bits per heavy atom. The summed E-state index contributed by atoms with van der Waals surface area (Å²) in [4.78, 5) is 14.6. The summed E-state index contributed by atoms with van der Waals surface area (Å²) in [6.07, 6.45) is 3.83. The predicted octanol–water partition coefficient (Wildman–Crippen LogP) is 3.10. The summed E-state index contributed by atoms with van der Waals surface area (Å²) in [5.74, 6) is 1.63. The van der Waals surface area contributed by atoms with Gasteiger partial charge in [0.05, 0.1) is 19.6 Å². The normalized spacial score (nSPS) is 20.5. The maximum atomic E-state index is 12.6. The lowest BCUT2D eigenvalue weighted by Gasteiger charge is -2.25. The van der Waals surface area contributed by atoms with Gasteiger partial charge in [-0.05, 0) is 50.3 Å². The molecule has 1 saturated carbocycles. The van der Waals surface area contributed by atoms with Gasteiger partial charge in [-0.3, -0.25) is 4.79 Å². The minimum atomic E-state index is 0.227. The Hall–Kier alpha value is -1.55. The Labute approximate surface area is 138 Å². The van der Waals surface area contributed by atoms with Crippen molar-refractivity contribution in [2.75, 3.05) is 26.4 Å². The maximum absolute atomic E-state index is 12.6. The third kappa shape index (κ3) is 4.25. The zero-order valence-corrected chi connectivity index (χ0v) is 14.2. The fraction of sp³-hybridized carbons (Fsp3) is 0.632. The molecule has 1 aromatic carbocycles. The van der Waals surface area contributed by atoms with Crippen LogP contribution in [0.2, 0.25) is 0 Å². The SMILES string of the molecule is Cc1cccc(OCCC(=O)N(C[C@@H]2CCOC2)C2CC2)c1C. The molecule has 1 saturated heterocycles. The van der Waals surface area contributed by atoms with Crippen LogP contribution in [0.4, 0.5) is 0 Å². The zero-order valence-electron chi connectivity index (χ0n) is 14.2. The lowest BCUT2D eigenvalue weighted by atomic mass is 10.1. The second-order valence-corrected chi connectivity index (χ2v) is 6.80. The molecule has 0 unspecified atom stereocenters. The quantitative estimate of drug-likeness (QED) is 0.775. The summed E-state index contributed by atoms with van der Waals surface area (Å²) in [6, 6.07) is 6.51. The van der Waals surface area contributed by atoms with Crippen molar-refractivity contribution in [1.29, 1.82) is 0 Å². The number of rotatable bonds is 7. The third-order valence-corrected chi connectivity index (χ3v) is 4.92. The van der Waals surface area contributed by atoms with Gasteiger partial charge < -0.3 is 14.4 Å². The standard InChI is InChI=1S/C19H27NO3/c1-14-4-3-5-18(15(14)2)23-11-9-19(21)20(17-6-7-17)12-16-8-10-22-13-16/h3-5,16-17H,6-13H2,1-2H3/t16-/m0/s1. The Kier molecular flexibility index (Phi) is 5.21. The average Bonchev–Trinajstić information content (AvgIpc) is 3.25. The van der Waals surface area contributed by atoms with E-state index in [-0.39, 0.29) is 5.91 Å². The molecule has 1 aliphatic carbocycles. The van der Waals surface area contributed by atoms with Gasteiger partial charge in [0, 0.05) is 25.1 Å². The summed E-state index contributed by atoms with van der Waals surface area (Å²) in [5, 5.41) is 0. The molecule has 1 heterocycles. The van der Waals surface area contributed by atoms with Crippen LogP contribution in [0.5, 0.6) is 5.75 Å². The van der Waals surface area contributed by atoms with E-state index in [2.05, 4.69) is 24.8 Å². The first-order valence-electron chi connectivity index (χ1n) is 8.71. The molecule has 0 radical (unpaired) electrons. The van der Waals surface area contributed by atoms with Crippen molar-refractivity contribution < 1.29 is 14.3 Å². The molecule has 2 fully saturated rings. The van der Waals surface area contributed by atoms with E-state index in [4.69, 9.17) is 9.47 Å². The highest BCUT2D eigenvalue weighted by atomic mass is 16.5. The Morgan fingerprint density at radius 3 is 2.83 bits per heavy atom. The van der Waals surface area contributed by atoms with Gasteiger partial charge in [-0.1, -0.05) is 12.1 Å². The van der Waals surface area contributed by atoms with E-state index in [1.54, 1.807) is 0 Å². The van der Waals surface area contributed by atoms with Crippen molar-refractivity contribution in [2.45, 2.75) is 45.6 Å². The van der Waals surface area contributed by atoms with Crippen LogP contribution >= 0.6 is 0 Å². The first-order chi connectivity index (χ1) is 11.1. The third-order valence-electron chi connectivity index (χ3n) is 4.92. The van der Waals surface area contributed by atoms with E-state index in [1.807, 2.05) is 12.1 Å². The van der Waals surface area contributed by atoms with Crippen molar-refractivity contribution in [1.82, 2.24) is 4.90 Å². The van der Waals surface area contributed by atoms with Gasteiger partial charge in [0.25, 0.3) is 0 Å². The van der Waals surface area contributed by atoms with Gasteiger partial charge in [-0.25, -0.2) is 0 Å². The minimum Gasteiger partial charge on any atom is -0.493 e. The molecule has 1 atom stereocenters. The average molecular weight is 317 g/mol. The van der Waals surface area contributed by atoms with Crippen molar-refractivity contribution in [3.63, 3.8) is 0 Å². The van der Waals surface area contributed by atoms with Gasteiger partial charge >= 0.3 is 0 Å². The monoisotopic (exact) mass is 317 g/mol. The van der Waals surface area contributed by atoms with Crippen molar-refractivity contribution in [2.24, 2.45) is 5.92 Å². The number of hydrogen-bond donors (Lipinski definition) is 0. The number of amides is 1. The topological polar surface area (TPSA) is 38.8 Å². The lowest BCUT2D eigenvalue weighted by molar-refractivity contribution is -0.133. The molecule has 0 spiro atoms. The smallest absolute Gasteiger partial charge is 0.226 e. The van der Waals surface area contributed by atoms with E-state index in [0.717, 1.165) is 50.3 Å². The number of nitrogens with zero attached hydrogens (tertiary/aromatic N) is 1. The maximum Gasteiger partial charge on any atom is 0.226 e. The highest BCUT2D eigenvalue weighted by molar-refractivity contribution is 5.77. The molecule has 4 heteroatoms. The van der Waals surface area contributed by atoms with Crippen LogP contribution in [0.3, 0.4) is 0 Å². The molecule has 0 N–H and O–H groups in total. The van der Waals surface area contributed by atoms with Crippen LogP contribution in [-0.2, 0) is 9.53 Å². The summed E-state index contributed by atoms with van der Waals surface area (Å²) in [6.45, 7) is 7.08. The molecule has 2 aliphatic rings. The molecule has 1 aliphatic heterocycles. The fourth-order valence-corrected chi connectivity index (χ4v) is 3.12. The van der Waals surface area contributed by atoms with E-state index < -0.39 is 0 Å². The summed E-state index contributed by atoms with van der Waals surface area (Å²) in [5.41, 5.74) is 2.37. The first kappa shape index (κ1) is 16.3. The van der Waals surface area contributed by atoms with Gasteiger partial charge in [-0.2, -0.15) is 0 Å². The highest BCUT2D eigenvalue weighted by Crippen LogP contribution is 2.29. The number of benzene rings is 1. The van der Waals surface area contributed by atoms with Crippen molar-refractivity contribution in [3.05, 3.63) is 29.3 Å². The second kappa shape index (κ2) is 7.35. The zero-order chi connectivity index (χ0) is 16.2. The number of aryl methyl sites for hydroxylation is 1. The number of hydrogen-bond acceptors (Lipinski definition) is 3. The molecular formula is C19H27NO3. The second-order valence-electron chi connectivity index (χ2n) is 6.80. The van der Waals surface area contributed by atoms with Gasteiger partial charge in [0.15, 0.2) is 0 Å². The minimum absolute atomic E-state index is 0.227. The summed E-state index contributed by atoms with van der Waals surface area (Å²) in [7, 11) is 0. The van der Waals surface area contributed by atoms with E-state index in [9.17, 15) is 4.79 Å². The van der Waals surface area contributed by atoms with E-state index in [1.165, 1.54) is 5.56 Å². The fourth-order valence-electron chi connectivity index (χ4n) is 3.12. The Balaban J connectivity index is 1.49. The predicted molar refractivity (Wildman–Crippen MR) is 89.7 cm³/mol. The molecule has 0 bridgehead atoms. The van der Waals surface area contributed by atoms with Crippen molar-refractivity contribution >= 4 is 5.91 Å². The number of carbonyl (C=O) groups is 1. The molecule has 126 valence electrons. The van der Waals surface area contributed by atoms with E-state index >= 15 is 0 Å². The summed E-state index contributed by atoms with van der Waals surface area (Å²) < 4.78 is 11.3. The molecule has 1 aromatic rings. The largest absolute Gasteiger partial charge is 0.493 e. The van der Waals surface area contributed by atoms with Crippen LogP contribution in [-0.4, -0.2) is 43.2 Å². The van der Waals surface area contributed by atoms with Crippen LogP contribution in [0.15, 0.2) is 18.2 Å². The molecular weight excluding hydrogens is 290 g/mol. The lowest BCUT2D eigenvalue weighted by Crippen LogP contribution is -2.38. The highest BCUT2D eigenvalue weighted by Gasteiger charge is 2.34. The Morgan fingerprint density at radius 2 is 2.13 bits per heavy atom. The number of carbonyl (C=O) groups excluding carboxylic acids is 1. The van der Waals surface area contributed by atoms with Crippen LogP contribution in [0, 0.1) is 19.8 Å².